The molecular formula is C31H56O3. The summed E-state index contributed by atoms with van der Waals surface area (Å²) in [5.74, 6) is 1.74. The van der Waals surface area contributed by atoms with Crippen LogP contribution in [0.25, 0.3) is 0 Å². The zero-order valence-electron chi connectivity index (χ0n) is 23.6. The second-order valence-corrected chi connectivity index (χ2v) is 11.3. The summed E-state index contributed by atoms with van der Waals surface area (Å²) in [7, 11) is 0. The van der Waals surface area contributed by atoms with E-state index in [0.717, 1.165) is 76.6 Å². The van der Waals surface area contributed by atoms with Gasteiger partial charge in [-0.05, 0) is 95.3 Å². The number of aliphatic hydroxyl groups is 2. The average molecular weight is 477 g/mol. The molecule has 4 unspecified atom stereocenters. The third-order valence-corrected chi connectivity index (χ3v) is 7.62. The van der Waals surface area contributed by atoms with Gasteiger partial charge >= 0.3 is 0 Å². The maximum atomic E-state index is 10.8. The van der Waals surface area contributed by atoms with Crippen molar-refractivity contribution >= 4 is 0 Å². The van der Waals surface area contributed by atoms with Crippen LogP contribution in [0.4, 0.5) is 0 Å². The second kappa shape index (κ2) is 16.6. The molecule has 0 saturated carbocycles. The number of hydrogen-bond acceptors (Lipinski definition) is 3. The van der Waals surface area contributed by atoms with Gasteiger partial charge < -0.3 is 14.9 Å². The predicted octanol–water partition coefficient (Wildman–Crippen LogP) is 8.66. The molecule has 0 bridgehead atoms. The van der Waals surface area contributed by atoms with Crippen molar-refractivity contribution < 1.29 is 14.9 Å². The lowest BCUT2D eigenvalue weighted by Crippen LogP contribution is -2.24. The van der Waals surface area contributed by atoms with Gasteiger partial charge in [0, 0.05) is 5.92 Å². The summed E-state index contributed by atoms with van der Waals surface area (Å²) in [6.07, 6.45) is 18.0. The summed E-state index contributed by atoms with van der Waals surface area (Å²) < 4.78 is 6.17. The lowest BCUT2D eigenvalue weighted by Gasteiger charge is -2.29. The van der Waals surface area contributed by atoms with Crippen molar-refractivity contribution in [2.75, 3.05) is 6.61 Å². The highest BCUT2D eigenvalue weighted by Crippen LogP contribution is 2.34. The zero-order chi connectivity index (χ0) is 25.6. The van der Waals surface area contributed by atoms with E-state index in [0.29, 0.717) is 5.92 Å². The highest BCUT2D eigenvalue weighted by Gasteiger charge is 2.26. The molecule has 198 valence electrons. The van der Waals surface area contributed by atoms with Crippen LogP contribution < -0.4 is 0 Å². The average Bonchev–Trinajstić information content (AvgIpc) is 2.77. The number of unbranched alkanes of at least 4 members (excludes halogenated alkanes) is 3. The summed E-state index contributed by atoms with van der Waals surface area (Å²) in [5.41, 5.74) is 3.27. The van der Waals surface area contributed by atoms with Crippen molar-refractivity contribution in [3.8, 4) is 0 Å². The van der Waals surface area contributed by atoms with Crippen molar-refractivity contribution in [2.24, 2.45) is 11.8 Å². The van der Waals surface area contributed by atoms with Crippen LogP contribution in [0.15, 0.2) is 34.6 Å². The van der Waals surface area contributed by atoms with E-state index >= 15 is 0 Å². The molecule has 3 nitrogen and oxygen atoms in total. The minimum absolute atomic E-state index is 0.121. The summed E-state index contributed by atoms with van der Waals surface area (Å²) in [4.78, 5) is 0. The Morgan fingerprint density at radius 1 is 1.12 bits per heavy atom. The Labute approximate surface area is 211 Å². The monoisotopic (exact) mass is 476 g/mol. The third kappa shape index (κ3) is 12.1. The standard InChI is InChI=1S/C31H56O3/c1-8-10-12-15-24(3)16-13-20-31(7,33)21-14-17-25(4)18-19-28-23-29(32)26(5)27(6)30(28)34-22-11-9-2/h15,23,25-26,29,32-33H,8-14,16-22H2,1-7H3/b24-15+. The van der Waals surface area contributed by atoms with Crippen LogP contribution in [-0.2, 0) is 4.74 Å². The van der Waals surface area contributed by atoms with Crippen LogP contribution in [0.3, 0.4) is 0 Å². The second-order valence-electron chi connectivity index (χ2n) is 11.3. The molecule has 1 rings (SSSR count). The predicted molar refractivity (Wildman–Crippen MR) is 147 cm³/mol. The van der Waals surface area contributed by atoms with E-state index in [-0.39, 0.29) is 5.92 Å². The molecule has 0 aliphatic heterocycles. The normalized spacial score (nSPS) is 21.9. The van der Waals surface area contributed by atoms with Gasteiger partial charge in [0.1, 0.15) is 5.76 Å². The Balaban J connectivity index is 2.42. The molecule has 2 N–H and O–H groups in total. The molecule has 0 radical (unpaired) electrons. The fourth-order valence-corrected chi connectivity index (χ4v) is 4.77. The Bertz CT molecular complexity index is 656. The Kier molecular flexibility index (Phi) is 15.1. The molecule has 0 amide bonds. The van der Waals surface area contributed by atoms with E-state index in [9.17, 15) is 10.2 Å². The molecule has 34 heavy (non-hydrogen) atoms. The minimum Gasteiger partial charge on any atom is -0.493 e. The van der Waals surface area contributed by atoms with Gasteiger partial charge in [0.05, 0.1) is 18.3 Å². The first-order valence-corrected chi connectivity index (χ1v) is 14.2. The zero-order valence-corrected chi connectivity index (χ0v) is 23.6. The molecule has 0 aromatic rings. The Hall–Kier alpha value is -1.06. The van der Waals surface area contributed by atoms with Gasteiger partial charge in [0.2, 0.25) is 0 Å². The van der Waals surface area contributed by atoms with E-state index in [1.165, 1.54) is 36.0 Å². The van der Waals surface area contributed by atoms with Crippen molar-refractivity contribution in [3.63, 3.8) is 0 Å². The lowest BCUT2D eigenvalue weighted by molar-refractivity contribution is 0.0365. The highest BCUT2D eigenvalue weighted by molar-refractivity contribution is 5.37. The van der Waals surface area contributed by atoms with Gasteiger partial charge in [-0.2, -0.15) is 0 Å². The van der Waals surface area contributed by atoms with Crippen LogP contribution in [-0.4, -0.2) is 28.5 Å². The highest BCUT2D eigenvalue weighted by atomic mass is 16.5. The quantitative estimate of drug-likeness (QED) is 0.154. The Morgan fingerprint density at radius 3 is 2.47 bits per heavy atom. The number of allylic oxidation sites excluding steroid dienone is 3. The van der Waals surface area contributed by atoms with Crippen molar-refractivity contribution in [1.82, 2.24) is 0 Å². The van der Waals surface area contributed by atoms with Crippen LogP contribution in [0, 0.1) is 11.8 Å². The molecule has 0 aromatic carbocycles. The van der Waals surface area contributed by atoms with E-state index in [4.69, 9.17) is 4.74 Å². The Morgan fingerprint density at radius 2 is 1.79 bits per heavy atom. The molecule has 0 aromatic heterocycles. The van der Waals surface area contributed by atoms with Gasteiger partial charge in [-0.15, -0.1) is 0 Å². The van der Waals surface area contributed by atoms with Crippen LogP contribution in [0.2, 0.25) is 0 Å². The number of aliphatic hydroxyl groups excluding tert-OH is 1. The number of hydrogen-bond donors (Lipinski definition) is 2. The fraction of sp³-hybridized carbons (Fsp3) is 0.806. The summed E-state index contributed by atoms with van der Waals surface area (Å²) >= 11 is 0. The third-order valence-electron chi connectivity index (χ3n) is 7.62. The van der Waals surface area contributed by atoms with Crippen LogP contribution >= 0.6 is 0 Å². The van der Waals surface area contributed by atoms with E-state index in [2.05, 4.69) is 47.6 Å². The first-order valence-electron chi connectivity index (χ1n) is 14.2. The molecule has 1 aliphatic carbocycles. The molecular weight excluding hydrogens is 420 g/mol. The fourth-order valence-electron chi connectivity index (χ4n) is 4.77. The molecule has 1 aliphatic rings. The van der Waals surface area contributed by atoms with Crippen LogP contribution in [0.5, 0.6) is 0 Å². The molecule has 4 atom stereocenters. The molecule has 0 heterocycles. The molecule has 3 heteroatoms. The first kappa shape index (κ1) is 31.0. The minimum atomic E-state index is -0.560. The first-order chi connectivity index (χ1) is 16.1. The smallest absolute Gasteiger partial charge is 0.121 e. The van der Waals surface area contributed by atoms with Crippen molar-refractivity contribution in [2.45, 2.75) is 144 Å². The van der Waals surface area contributed by atoms with E-state index in [1.807, 2.05) is 13.0 Å². The lowest BCUT2D eigenvalue weighted by atomic mass is 9.84. The van der Waals surface area contributed by atoms with Crippen molar-refractivity contribution in [1.29, 1.82) is 0 Å². The maximum absolute atomic E-state index is 10.8. The van der Waals surface area contributed by atoms with Gasteiger partial charge in [-0.1, -0.05) is 71.4 Å². The number of rotatable bonds is 18. The summed E-state index contributed by atoms with van der Waals surface area (Å²) in [6, 6.07) is 0. The van der Waals surface area contributed by atoms with Crippen LogP contribution in [0.1, 0.15) is 132 Å². The van der Waals surface area contributed by atoms with Gasteiger partial charge in [0.25, 0.3) is 0 Å². The number of ether oxygens (including phenoxy) is 1. The van der Waals surface area contributed by atoms with E-state index < -0.39 is 11.7 Å². The summed E-state index contributed by atoms with van der Waals surface area (Å²) in [5, 5.41) is 21.3. The topological polar surface area (TPSA) is 49.7 Å². The SMILES string of the molecule is CCCC/C=C(\C)CCCC(C)(O)CCCC(C)CCC1=CC(O)C(C)C(C)=C1OCCCC. The van der Waals surface area contributed by atoms with Gasteiger partial charge in [0.15, 0.2) is 0 Å². The molecule has 0 spiro atoms. The van der Waals surface area contributed by atoms with Gasteiger partial charge in [-0.3, -0.25) is 0 Å². The summed E-state index contributed by atoms with van der Waals surface area (Å²) in [6.45, 7) is 15.9. The van der Waals surface area contributed by atoms with Crippen molar-refractivity contribution in [3.05, 3.63) is 34.6 Å². The molecule has 0 saturated heterocycles. The largest absolute Gasteiger partial charge is 0.493 e. The van der Waals surface area contributed by atoms with E-state index in [1.54, 1.807) is 0 Å². The van der Waals surface area contributed by atoms with Gasteiger partial charge in [-0.25, -0.2) is 0 Å². The maximum Gasteiger partial charge on any atom is 0.121 e. The molecule has 0 fully saturated rings.